The molecule has 0 amide bonds. The van der Waals surface area contributed by atoms with Gasteiger partial charge in [-0.1, -0.05) is 13.3 Å². The third-order valence-electron chi connectivity index (χ3n) is 3.38. The molecular weight excluding hydrogens is 272 g/mol. The highest BCUT2D eigenvalue weighted by atomic mass is 16.6. The molecule has 0 saturated heterocycles. The van der Waals surface area contributed by atoms with Crippen LogP contribution < -0.4 is 5.32 Å². The number of aliphatic carboxylic acids is 1. The Morgan fingerprint density at radius 3 is 2.57 bits per heavy atom. The van der Waals surface area contributed by atoms with E-state index >= 15 is 0 Å². The van der Waals surface area contributed by atoms with Gasteiger partial charge >= 0.3 is 5.97 Å². The van der Waals surface area contributed by atoms with E-state index in [1.807, 2.05) is 19.9 Å². The fourth-order valence-corrected chi connectivity index (χ4v) is 2.16. The van der Waals surface area contributed by atoms with Crippen LogP contribution in [-0.2, 0) is 4.79 Å². The minimum Gasteiger partial charge on any atom is -0.481 e. The molecule has 2 atom stereocenters. The van der Waals surface area contributed by atoms with Crippen LogP contribution in [0.4, 0.5) is 11.4 Å². The molecule has 2 N–H and O–H groups in total. The molecule has 0 aliphatic carbocycles. The fourth-order valence-electron chi connectivity index (χ4n) is 2.16. The van der Waals surface area contributed by atoms with E-state index in [2.05, 4.69) is 5.32 Å². The molecule has 0 saturated carbocycles. The highest BCUT2D eigenvalue weighted by Gasteiger charge is 2.12. The number of carboxylic acids is 1. The Labute approximate surface area is 124 Å². The monoisotopic (exact) mass is 294 g/mol. The largest absolute Gasteiger partial charge is 0.481 e. The second-order valence-corrected chi connectivity index (χ2v) is 5.53. The van der Waals surface area contributed by atoms with Crippen molar-refractivity contribution in [2.75, 3.05) is 5.32 Å². The number of carboxylic acid groups (broad SMARTS) is 1. The van der Waals surface area contributed by atoms with Crippen molar-refractivity contribution < 1.29 is 14.8 Å². The number of anilines is 1. The van der Waals surface area contributed by atoms with E-state index in [-0.39, 0.29) is 17.6 Å². The van der Waals surface area contributed by atoms with Gasteiger partial charge in [0.15, 0.2) is 0 Å². The van der Waals surface area contributed by atoms with Crippen LogP contribution in [0, 0.1) is 23.0 Å². The van der Waals surface area contributed by atoms with Crippen LogP contribution in [0.5, 0.6) is 0 Å². The summed E-state index contributed by atoms with van der Waals surface area (Å²) >= 11 is 0. The Hall–Kier alpha value is -2.11. The van der Waals surface area contributed by atoms with E-state index < -0.39 is 10.9 Å². The lowest BCUT2D eigenvalue weighted by atomic mass is 10.0. The molecule has 0 radical (unpaired) electrons. The maximum absolute atomic E-state index is 10.8. The predicted octanol–water partition coefficient (Wildman–Crippen LogP) is 3.59. The van der Waals surface area contributed by atoms with Crippen LogP contribution >= 0.6 is 0 Å². The van der Waals surface area contributed by atoms with Gasteiger partial charge in [-0.15, -0.1) is 0 Å². The van der Waals surface area contributed by atoms with E-state index in [9.17, 15) is 14.9 Å². The normalized spacial score (nSPS) is 13.5. The van der Waals surface area contributed by atoms with Gasteiger partial charge < -0.3 is 10.4 Å². The van der Waals surface area contributed by atoms with E-state index in [1.165, 1.54) is 12.1 Å². The quantitative estimate of drug-likeness (QED) is 0.564. The van der Waals surface area contributed by atoms with Crippen molar-refractivity contribution in [3.05, 3.63) is 33.9 Å². The second-order valence-electron chi connectivity index (χ2n) is 5.53. The van der Waals surface area contributed by atoms with Gasteiger partial charge in [0.2, 0.25) is 0 Å². The van der Waals surface area contributed by atoms with Crippen LogP contribution in [0.25, 0.3) is 0 Å². The predicted molar refractivity (Wildman–Crippen MR) is 81.6 cm³/mol. The topological polar surface area (TPSA) is 92.5 Å². The number of aryl methyl sites for hydroxylation is 1. The molecule has 1 aromatic rings. The van der Waals surface area contributed by atoms with Gasteiger partial charge in [0, 0.05) is 23.9 Å². The molecule has 6 nitrogen and oxygen atoms in total. The Kier molecular flexibility index (Phi) is 6.14. The summed E-state index contributed by atoms with van der Waals surface area (Å²) in [7, 11) is 0. The van der Waals surface area contributed by atoms with Crippen molar-refractivity contribution in [3.63, 3.8) is 0 Å². The van der Waals surface area contributed by atoms with Crippen molar-refractivity contribution in [1.82, 2.24) is 0 Å². The van der Waals surface area contributed by atoms with Gasteiger partial charge in [-0.2, -0.15) is 0 Å². The van der Waals surface area contributed by atoms with E-state index in [1.54, 1.807) is 6.92 Å². The number of carbonyl (C=O) groups is 1. The molecule has 1 aromatic carbocycles. The summed E-state index contributed by atoms with van der Waals surface area (Å²) in [6.07, 6.45) is 2.25. The first-order chi connectivity index (χ1) is 9.79. The summed E-state index contributed by atoms with van der Waals surface area (Å²) in [5, 5.41) is 22.9. The molecule has 116 valence electrons. The summed E-state index contributed by atoms with van der Waals surface area (Å²) in [4.78, 5) is 21.1. The van der Waals surface area contributed by atoms with E-state index in [4.69, 9.17) is 5.11 Å². The molecule has 21 heavy (non-hydrogen) atoms. The lowest BCUT2D eigenvalue weighted by Crippen LogP contribution is -2.16. The van der Waals surface area contributed by atoms with Crippen molar-refractivity contribution in [1.29, 1.82) is 0 Å². The molecule has 0 aliphatic heterocycles. The Bertz CT molecular complexity index is 516. The number of rotatable bonds is 8. The molecule has 0 heterocycles. The number of hydrogen-bond donors (Lipinski definition) is 2. The number of non-ortho nitro benzene ring substituents is 1. The first-order valence-corrected chi connectivity index (χ1v) is 7.05. The lowest BCUT2D eigenvalue weighted by molar-refractivity contribution is -0.384. The highest BCUT2D eigenvalue weighted by Crippen LogP contribution is 2.22. The molecule has 0 aromatic heterocycles. The third kappa shape index (κ3) is 5.81. The van der Waals surface area contributed by atoms with Gasteiger partial charge in [0.1, 0.15) is 0 Å². The average Bonchev–Trinajstić information content (AvgIpc) is 2.37. The molecule has 0 aliphatic rings. The van der Waals surface area contributed by atoms with Crippen LogP contribution in [0.3, 0.4) is 0 Å². The SMILES string of the molecule is Cc1cc(NC(C)CCCC(C)C(=O)O)cc([N+](=O)[O-])c1. The molecule has 0 spiro atoms. The van der Waals surface area contributed by atoms with E-state index in [0.717, 1.165) is 24.1 Å². The van der Waals surface area contributed by atoms with E-state index in [0.29, 0.717) is 6.42 Å². The number of hydrogen-bond acceptors (Lipinski definition) is 4. The molecule has 6 heteroatoms. The molecule has 2 unspecified atom stereocenters. The Morgan fingerprint density at radius 2 is 2.00 bits per heavy atom. The number of nitrogens with zero attached hydrogens (tertiary/aromatic N) is 1. The zero-order valence-electron chi connectivity index (χ0n) is 12.6. The Morgan fingerprint density at radius 1 is 1.33 bits per heavy atom. The van der Waals surface area contributed by atoms with Crippen molar-refractivity contribution in [3.8, 4) is 0 Å². The minimum atomic E-state index is -0.773. The standard InChI is InChI=1S/C15H22N2O4/c1-10-7-13(9-14(8-10)17(20)21)16-12(3)6-4-5-11(2)15(18)19/h7-9,11-12,16H,4-6H2,1-3H3,(H,18,19). The van der Waals surface area contributed by atoms with Gasteiger partial charge in [0.25, 0.3) is 5.69 Å². The van der Waals surface area contributed by atoms with Crippen molar-refractivity contribution in [2.45, 2.75) is 46.1 Å². The van der Waals surface area contributed by atoms with Gasteiger partial charge in [0.05, 0.1) is 10.8 Å². The van der Waals surface area contributed by atoms with Crippen LogP contribution in [0.1, 0.15) is 38.7 Å². The summed E-state index contributed by atoms with van der Waals surface area (Å²) < 4.78 is 0. The minimum absolute atomic E-state index is 0.0733. The van der Waals surface area contributed by atoms with Crippen LogP contribution in [0.2, 0.25) is 0 Å². The molecule has 0 bridgehead atoms. The smallest absolute Gasteiger partial charge is 0.306 e. The van der Waals surface area contributed by atoms with Crippen molar-refractivity contribution >= 4 is 17.3 Å². The summed E-state index contributed by atoms with van der Waals surface area (Å²) in [6.45, 7) is 5.50. The average molecular weight is 294 g/mol. The number of benzene rings is 1. The van der Waals surface area contributed by atoms with Crippen molar-refractivity contribution in [2.24, 2.45) is 5.92 Å². The van der Waals surface area contributed by atoms with Crippen LogP contribution in [-0.4, -0.2) is 22.0 Å². The lowest BCUT2D eigenvalue weighted by Gasteiger charge is -2.16. The first kappa shape index (κ1) is 16.9. The Balaban J connectivity index is 2.53. The molecule has 1 rings (SSSR count). The second kappa shape index (κ2) is 7.61. The summed E-state index contributed by atoms with van der Waals surface area (Å²) in [6, 6.07) is 5.05. The maximum atomic E-state index is 10.8. The molecular formula is C15H22N2O4. The highest BCUT2D eigenvalue weighted by molar-refractivity contribution is 5.69. The first-order valence-electron chi connectivity index (χ1n) is 7.05. The van der Waals surface area contributed by atoms with Gasteiger partial charge in [-0.25, -0.2) is 0 Å². The number of nitro groups is 1. The summed E-state index contributed by atoms with van der Waals surface area (Å²) in [5.41, 5.74) is 1.63. The molecule has 0 fully saturated rings. The van der Waals surface area contributed by atoms with Crippen LogP contribution in [0.15, 0.2) is 18.2 Å². The number of nitrogens with one attached hydrogen (secondary N) is 1. The summed E-state index contributed by atoms with van der Waals surface area (Å²) in [5.74, 6) is -1.11. The zero-order chi connectivity index (χ0) is 16.0. The fraction of sp³-hybridized carbons (Fsp3) is 0.533. The van der Waals surface area contributed by atoms with Gasteiger partial charge in [-0.3, -0.25) is 14.9 Å². The maximum Gasteiger partial charge on any atom is 0.306 e. The zero-order valence-corrected chi connectivity index (χ0v) is 12.6. The number of nitro benzene ring substituents is 1. The third-order valence-corrected chi connectivity index (χ3v) is 3.38. The van der Waals surface area contributed by atoms with Gasteiger partial charge in [-0.05, 0) is 38.3 Å².